The van der Waals surface area contributed by atoms with Crippen molar-refractivity contribution < 1.29 is 9.21 Å². The van der Waals surface area contributed by atoms with E-state index in [-0.39, 0.29) is 11.4 Å². The first-order valence-electron chi connectivity index (χ1n) is 4.93. The maximum absolute atomic E-state index is 11.4. The molecule has 0 atom stereocenters. The number of hydrogen-bond donors (Lipinski definition) is 1. The molecular formula is C12H17NO2. The minimum atomic E-state index is -0.208. The van der Waals surface area contributed by atoms with E-state index >= 15 is 0 Å². The topological polar surface area (TPSA) is 42.2 Å². The zero-order valence-corrected chi connectivity index (χ0v) is 9.63. The van der Waals surface area contributed by atoms with Gasteiger partial charge in [0, 0.05) is 11.6 Å². The van der Waals surface area contributed by atoms with Crippen LogP contribution >= 0.6 is 0 Å². The molecule has 1 heterocycles. The summed E-state index contributed by atoms with van der Waals surface area (Å²) < 4.78 is 5.30. The number of rotatable bonds is 2. The molecule has 0 aliphatic heterocycles. The molecule has 1 amide bonds. The van der Waals surface area contributed by atoms with E-state index in [4.69, 9.17) is 4.42 Å². The molecule has 1 N–H and O–H groups in total. The van der Waals surface area contributed by atoms with Crippen molar-refractivity contribution in [3.8, 4) is 0 Å². The molecule has 0 fully saturated rings. The molecule has 0 aromatic carbocycles. The zero-order chi connectivity index (χ0) is 11.5. The minimum Gasteiger partial charge on any atom is -0.462 e. The zero-order valence-electron chi connectivity index (χ0n) is 9.63. The Bertz CT molecular complexity index is 369. The summed E-state index contributed by atoms with van der Waals surface area (Å²) in [4.78, 5) is 11.4. The van der Waals surface area contributed by atoms with Gasteiger partial charge >= 0.3 is 0 Å². The highest BCUT2D eigenvalue weighted by atomic mass is 16.3. The Hall–Kier alpha value is -1.51. The van der Waals surface area contributed by atoms with Gasteiger partial charge in [-0.3, -0.25) is 4.79 Å². The Balaban J connectivity index is 2.55. The molecule has 1 aromatic rings. The summed E-state index contributed by atoms with van der Waals surface area (Å²) in [6, 6.07) is 3.69. The Morgan fingerprint density at radius 1 is 1.40 bits per heavy atom. The molecule has 0 saturated carbocycles. The van der Waals surface area contributed by atoms with Crippen LogP contribution in [-0.4, -0.2) is 11.4 Å². The van der Waals surface area contributed by atoms with Crippen molar-refractivity contribution in [2.45, 2.75) is 33.2 Å². The van der Waals surface area contributed by atoms with Crippen LogP contribution in [0.3, 0.4) is 0 Å². The second kappa shape index (κ2) is 4.34. The Morgan fingerprint density at radius 2 is 2.07 bits per heavy atom. The van der Waals surface area contributed by atoms with Crippen LogP contribution in [0.15, 0.2) is 22.6 Å². The molecule has 0 spiro atoms. The lowest BCUT2D eigenvalue weighted by Gasteiger charge is -2.18. The van der Waals surface area contributed by atoms with Gasteiger partial charge in [0.1, 0.15) is 11.5 Å². The third-order valence-corrected chi connectivity index (χ3v) is 1.66. The van der Waals surface area contributed by atoms with Gasteiger partial charge in [0.2, 0.25) is 5.91 Å². The highest BCUT2D eigenvalue weighted by Gasteiger charge is 2.11. The molecule has 0 unspecified atom stereocenters. The van der Waals surface area contributed by atoms with E-state index in [1.165, 1.54) is 6.08 Å². The van der Waals surface area contributed by atoms with Gasteiger partial charge in [-0.1, -0.05) is 0 Å². The fourth-order valence-electron chi connectivity index (χ4n) is 1.11. The van der Waals surface area contributed by atoms with Crippen LogP contribution in [0.1, 0.15) is 32.3 Å². The molecule has 1 aromatic heterocycles. The Kier molecular flexibility index (Phi) is 3.35. The van der Waals surface area contributed by atoms with Crippen molar-refractivity contribution >= 4 is 12.0 Å². The van der Waals surface area contributed by atoms with E-state index in [0.29, 0.717) is 5.76 Å². The number of furan rings is 1. The van der Waals surface area contributed by atoms with Crippen LogP contribution in [0.25, 0.3) is 6.08 Å². The molecule has 0 radical (unpaired) electrons. The van der Waals surface area contributed by atoms with E-state index in [1.807, 2.05) is 39.8 Å². The summed E-state index contributed by atoms with van der Waals surface area (Å²) >= 11 is 0. The summed E-state index contributed by atoms with van der Waals surface area (Å²) in [7, 11) is 0. The lowest BCUT2D eigenvalue weighted by molar-refractivity contribution is -0.117. The Morgan fingerprint density at radius 3 is 2.53 bits per heavy atom. The number of hydrogen-bond acceptors (Lipinski definition) is 2. The number of aryl methyl sites for hydroxylation is 1. The van der Waals surface area contributed by atoms with E-state index in [9.17, 15) is 4.79 Å². The van der Waals surface area contributed by atoms with Crippen LogP contribution in [-0.2, 0) is 4.79 Å². The van der Waals surface area contributed by atoms with E-state index in [0.717, 1.165) is 5.76 Å². The van der Waals surface area contributed by atoms with E-state index in [2.05, 4.69) is 5.32 Å². The smallest absolute Gasteiger partial charge is 0.244 e. The summed E-state index contributed by atoms with van der Waals surface area (Å²) in [5.41, 5.74) is -0.208. The average Bonchev–Trinajstić information content (AvgIpc) is 2.45. The number of carbonyl (C=O) groups is 1. The van der Waals surface area contributed by atoms with Gasteiger partial charge in [-0.25, -0.2) is 0 Å². The first kappa shape index (κ1) is 11.6. The maximum atomic E-state index is 11.4. The fourth-order valence-corrected chi connectivity index (χ4v) is 1.11. The van der Waals surface area contributed by atoms with Crippen molar-refractivity contribution in [1.82, 2.24) is 5.32 Å². The van der Waals surface area contributed by atoms with Gasteiger partial charge in [-0.05, 0) is 45.9 Å². The van der Waals surface area contributed by atoms with Crippen molar-refractivity contribution in [2.24, 2.45) is 0 Å². The normalized spacial score (nSPS) is 12.0. The number of carbonyl (C=O) groups excluding carboxylic acids is 1. The number of nitrogens with one attached hydrogen (secondary N) is 1. The lowest BCUT2D eigenvalue weighted by atomic mass is 10.1. The summed E-state index contributed by atoms with van der Waals surface area (Å²) in [5.74, 6) is 1.42. The lowest BCUT2D eigenvalue weighted by Crippen LogP contribution is -2.39. The van der Waals surface area contributed by atoms with E-state index in [1.54, 1.807) is 6.08 Å². The predicted molar refractivity (Wildman–Crippen MR) is 60.4 cm³/mol. The van der Waals surface area contributed by atoms with Gasteiger partial charge in [0.05, 0.1) is 0 Å². The third-order valence-electron chi connectivity index (χ3n) is 1.66. The summed E-state index contributed by atoms with van der Waals surface area (Å²) in [6.07, 6.45) is 3.14. The quantitative estimate of drug-likeness (QED) is 0.757. The molecule has 0 aliphatic rings. The average molecular weight is 207 g/mol. The van der Waals surface area contributed by atoms with Crippen molar-refractivity contribution in [2.75, 3.05) is 0 Å². The fraction of sp³-hybridized carbons (Fsp3) is 0.417. The van der Waals surface area contributed by atoms with Gasteiger partial charge in [0.25, 0.3) is 0 Å². The van der Waals surface area contributed by atoms with E-state index < -0.39 is 0 Å². The molecule has 1 rings (SSSR count). The molecule has 15 heavy (non-hydrogen) atoms. The monoisotopic (exact) mass is 207 g/mol. The van der Waals surface area contributed by atoms with Gasteiger partial charge in [0.15, 0.2) is 0 Å². The summed E-state index contributed by atoms with van der Waals surface area (Å²) in [6.45, 7) is 7.69. The first-order chi connectivity index (χ1) is 6.87. The molecule has 0 aliphatic carbocycles. The van der Waals surface area contributed by atoms with Gasteiger partial charge in [-0.15, -0.1) is 0 Å². The molecule has 0 bridgehead atoms. The highest BCUT2D eigenvalue weighted by Crippen LogP contribution is 2.08. The molecular weight excluding hydrogens is 190 g/mol. The molecule has 3 heteroatoms. The van der Waals surface area contributed by atoms with Crippen LogP contribution in [0, 0.1) is 6.92 Å². The predicted octanol–water partition coefficient (Wildman–Crippen LogP) is 2.52. The number of amides is 1. The van der Waals surface area contributed by atoms with Crippen molar-refractivity contribution in [1.29, 1.82) is 0 Å². The van der Waals surface area contributed by atoms with Crippen molar-refractivity contribution in [3.05, 3.63) is 29.7 Å². The van der Waals surface area contributed by atoms with Crippen molar-refractivity contribution in [3.63, 3.8) is 0 Å². The standard InChI is InChI=1S/C12H17NO2/c1-9-5-6-10(15-9)7-8-11(14)13-12(2,3)4/h5-8H,1-4H3,(H,13,14)/b8-7-. The summed E-state index contributed by atoms with van der Waals surface area (Å²) in [5, 5.41) is 2.83. The second-order valence-corrected chi connectivity index (χ2v) is 4.52. The first-order valence-corrected chi connectivity index (χ1v) is 4.93. The van der Waals surface area contributed by atoms with Gasteiger partial charge < -0.3 is 9.73 Å². The largest absolute Gasteiger partial charge is 0.462 e. The maximum Gasteiger partial charge on any atom is 0.244 e. The highest BCUT2D eigenvalue weighted by molar-refractivity contribution is 5.91. The second-order valence-electron chi connectivity index (χ2n) is 4.52. The van der Waals surface area contributed by atoms with Crippen LogP contribution in [0.5, 0.6) is 0 Å². The molecule has 82 valence electrons. The Labute approximate surface area is 90.2 Å². The van der Waals surface area contributed by atoms with Gasteiger partial charge in [-0.2, -0.15) is 0 Å². The van der Waals surface area contributed by atoms with Crippen LogP contribution in [0.4, 0.5) is 0 Å². The van der Waals surface area contributed by atoms with Crippen LogP contribution in [0.2, 0.25) is 0 Å². The van der Waals surface area contributed by atoms with Crippen LogP contribution < -0.4 is 5.32 Å². The molecule has 0 saturated heterocycles. The SMILES string of the molecule is Cc1ccc(/C=C\C(=O)NC(C)(C)C)o1. The minimum absolute atomic E-state index is 0.114. The third kappa shape index (κ3) is 4.49. The molecule has 3 nitrogen and oxygen atoms in total.